The topological polar surface area (TPSA) is 113 Å². The van der Waals surface area contributed by atoms with Gasteiger partial charge in [-0.05, 0) is 99.2 Å². The zero-order valence-electron chi connectivity index (χ0n) is 33.5. The van der Waals surface area contributed by atoms with Crippen molar-refractivity contribution in [1.29, 1.82) is 0 Å². The first-order valence-electron chi connectivity index (χ1n) is 18.3. The number of amides is 2. The van der Waals surface area contributed by atoms with Gasteiger partial charge in [-0.1, -0.05) is 64.1 Å². The summed E-state index contributed by atoms with van der Waals surface area (Å²) in [5, 5.41) is 1.15. The molecule has 0 saturated carbocycles. The minimum Gasteiger partial charge on any atom is -0.493 e. The number of ether oxygens (including phenoxy) is 5. The summed E-state index contributed by atoms with van der Waals surface area (Å²) in [7, 11) is 6.10. The Kier molecular flexibility index (Phi) is 13.8. The number of benzene rings is 3. The Morgan fingerprint density at radius 1 is 0.926 bits per heavy atom. The van der Waals surface area contributed by atoms with Crippen LogP contribution in [0.3, 0.4) is 0 Å². The van der Waals surface area contributed by atoms with Crippen LogP contribution in [0.1, 0.15) is 104 Å². The normalized spacial score (nSPS) is 16.4. The second kappa shape index (κ2) is 17.7. The molecule has 291 valence electrons. The van der Waals surface area contributed by atoms with Crippen LogP contribution in [-0.2, 0) is 26.0 Å². The summed E-state index contributed by atoms with van der Waals surface area (Å²) in [5.74, 6) is 0.105. The molecule has 1 aliphatic heterocycles. The standard InChI is InChI=1S/C42H55N2O9Si/c1-26(2)42(8,9)32-20-19-31(27(3)28(32)4)38(45)44(53-54)33-24-43(40(47)52-41(5,6)7)21-15-18-34(33)51-39(46)30-22-35(48-10)37(36(23-30)49-11)50-25-29-16-13-12-14-17-29/h12-14,16-17,19-20,22-23,26,33-34H,15,18,21,24-25H2,1-11H3/t33-,34-/m1/s1. The lowest BCUT2D eigenvalue weighted by molar-refractivity contribution is -0.0992. The molecule has 0 N–H and O–H groups in total. The van der Waals surface area contributed by atoms with E-state index in [1.165, 1.54) is 31.3 Å². The van der Waals surface area contributed by atoms with E-state index in [1.807, 2.05) is 56.3 Å². The number of nitrogens with zero attached hydrogens (tertiary/aromatic N) is 2. The lowest BCUT2D eigenvalue weighted by atomic mass is 9.72. The van der Waals surface area contributed by atoms with E-state index in [4.69, 9.17) is 28.2 Å². The number of rotatable bonds is 12. The van der Waals surface area contributed by atoms with Crippen molar-refractivity contribution in [3.05, 3.63) is 88.0 Å². The van der Waals surface area contributed by atoms with Crippen LogP contribution < -0.4 is 14.2 Å². The summed E-state index contributed by atoms with van der Waals surface area (Å²) in [6, 6.07) is 15.6. The molecule has 1 saturated heterocycles. The van der Waals surface area contributed by atoms with Crippen molar-refractivity contribution < 1.29 is 42.6 Å². The minimum atomic E-state index is -0.933. The minimum absolute atomic E-state index is 0.0293. The molecule has 54 heavy (non-hydrogen) atoms. The number of likely N-dealkylation sites (tertiary alicyclic amines) is 1. The Bertz CT molecular complexity index is 1760. The van der Waals surface area contributed by atoms with E-state index in [2.05, 4.69) is 38.2 Å². The molecule has 0 aliphatic carbocycles. The van der Waals surface area contributed by atoms with Crippen LogP contribution in [0.4, 0.5) is 4.79 Å². The number of carbonyl (C=O) groups excluding carboxylic acids is 3. The van der Waals surface area contributed by atoms with Crippen LogP contribution in [0, 0.1) is 19.8 Å². The molecule has 11 nitrogen and oxygen atoms in total. The van der Waals surface area contributed by atoms with Crippen molar-refractivity contribution in [2.24, 2.45) is 5.92 Å². The number of methoxy groups -OCH3 is 2. The predicted octanol–water partition coefficient (Wildman–Crippen LogP) is 7.92. The van der Waals surface area contributed by atoms with Crippen LogP contribution >= 0.6 is 0 Å². The maximum Gasteiger partial charge on any atom is 0.410 e. The highest BCUT2D eigenvalue weighted by Crippen LogP contribution is 2.40. The first-order chi connectivity index (χ1) is 25.4. The van der Waals surface area contributed by atoms with Gasteiger partial charge in [0.25, 0.3) is 16.4 Å². The Morgan fingerprint density at radius 2 is 1.56 bits per heavy atom. The van der Waals surface area contributed by atoms with Gasteiger partial charge in [-0.3, -0.25) is 4.79 Å². The summed E-state index contributed by atoms with van der Waals surface area (Å²) in [4.78, 5) is 43.4. The summed E-state index contributed by atoms with van der Waals surface area (Å²) in [6.07, 6.45) is -0.653. The van der Waals surface area contributed by atoms with Crippen molar-refractivity contribution in [1.82, 2.24) is 9.96 Å². The van der Waals surface area contributed by atoms with Gasteiger partial charge in [-0.25, -0.2) is 14.7 Å². The third kappa shape index (κ3) is 9.75. The van der Waals surface area contributed by atoms with Gasteiger partial charge in [-0.15, -0.1) is 0 Å². The highest BCUT2D eigenvalue weighted by molar-refractivity contribution is 6.01. The van der Waals surface area contributed by atoms with Crippen molar-refractivity contribution in [2.45, 2.75) is 105 Å². The Balaban J connectivity index is 1.70. The average molecular weight is 760 g/mol. The SMILES string of the molecule is COc1cc(C(=O)O[C@@H]2CCCN(C(=O)OC(C)(C)C)C[C@H]2N(O[Si])C(=O)c2ccc(C(C)(C)C(C)C)c(C)c2C)cc(OC)c1OCc1ccccc1. The summed E-state index contributed by atoms with van der Waals surface area (Å²) >= 11 is 0. The fraction of sp³-hybridized carbons (Fsp3) is 0.500. The molecule has 4 rings (SSSR count). The summed E-state index contributed by atoms with van der Waals surface area (Å²) in [5.41, 5.74) is 3.60. The summed E-state index contributed by atoms with van der Waals surface area (Å²) in [6.45, 7) is 18.6. The third-order valence-corrected chi connectivity index (χ3v) is 10.5. The van der Waals surface area contributed by atoms with E-state index in [0.29, 0.717) is 36.6 Å². The zero-order chi connectivity index (χ0) is 40.0. The molecule has 3 radical (unpaired) electrons. The smallest absolute Gasteiger partial charge is 0.410 e. The Labute approximate surface area is 323 Å². The molecule has 12 heteroatoms. The van der Waals surface area contributed by atoms with Gasteiger partial charge in [0.15, 0.2) is 11.5 Å². The lowest BCUT2D eigenvalue weighted by Gasteiger charge is -2.37. The number of esters is 1. The van der Waals surface area contributed by atoms with Gasteiger partial charge in [-0.2, -0.15) is 0 Å². The van der Waals surface area contributed by atoms with Crippen molar-refractivity contribution >= 4 is 28.5 Å². The van der Waals surface area contributed by atoms with Gasteiger partial charge < -0.3 is 33.1 Å². The van der Waals surface area contributed by atoms with Crippen molar-refractivity contribution in [3.8, 4) is 17.2 Å². The molecule has 1 fully saturated rings. The molecular weight excluding hydrogens is 705 g/mol. The van der Waals surface area contributed by atoms with E-state index in [0.717, 1.165) is 27.3 Å². The molecule has 0 bridgehead atoms. The van der Waals surface area contributed by atoms with Crippen LogP contribution in [0.25, 0.3) is 0 Å². The molecule has 3 aromatic carbocycles. The van der Waals surface area contributed by atoms with Gasteiger partial charge in [0.2, 0.25) is 5.75 Å². The van der Waals surface area contributed by atoms with E-state index >= 15 is 0 Å². The van der Waals surface area contributed by atoms with E-state index < -0.39 is 35.7 Å². The zero-order valence-corrected chi connectivity index (χ0v) is 34.5. The van der Waals surface area contributed by atoms with Gasteiger partial charge in [0, 0.05) is 12.1 Å². The van der Waals surface area contributed by atoms with E-state index in [-0.39, 0.29) is 35.6 Å². The first-order valence-corrected chi connectivity index (χ1v) is 18.7. The van der Waals surface area contributed by atoms with Gasteiger partial charge in [0.05, 0.1) is 26.3 Å². The molecule has 1 aliphatic rings. The van der Waals surface area contributed by atoms with Gasteiger partial charge in [0.1, 0.15) is 24.4 Å². The van der Waals surface area contributed by atoms with E-state index in [1.54, 1.807) is 20.8 Å². The van der Waals surface area contributed by atoms with E-state index in [9.17, 15) is 14.4 Å². The maximum atomic E-state index is 14.5. The quantitative estimate of drug-likeness (QED) is 0.103. The lowest BCUT2D eigenvalue weighted by Crippen LogP contribution is -2.53. The van der Waals surface area contributed by atoms with Crippen molar-refractivity contribution in [2.75, 3.05) is 27.3 Å². The fourth-order valence-electron chi connectivity index (χ4n) is 6.48. The van der Waals surface area contributed by atoms with Crippen LogP contribution in [-0.4, -0.2) is 83.5 Å². The highest BCUT2D eigenvalue weighted by atomic mass is 28.2. The second-order valence-electron chi connectivity index (χ2n) is 15.6. The fourth-order valence-corrected chi connectivity index (χ4v) is 6.70. The molecule has 0 aromatic heterocycles. The molecule has 3 aromatic rings. The average Bonchev–Trinajstić information content (AvgIpc) is 3.33. The van der Waals surface area contributed by atoms with Crippen LogP contribution in [0.5, 0.6) is 17.2 Å². The summed E-state index contributed by atoms with van der Waals surface area (Å²) < 4.78 is 34.9. The largest absolute Gasteiger partial charge is 0.493 e. The molecule has 1 heterocycles. The molecule has 0 spiro atoms. The third-order valence-electron chi connectivity index (χ3n) is 10.3. The van der Waals surface area contributed by atoms with Crippen LogP contribution in [0.2, 0.25) is 0 Å². The van der Waals surface area contributed by atoms with Gasteiger partial charge >= 0.3 is 12.1 Å². The number of hydrogen-bond donors (Lipinski definition) is 0. The molecule has 2 atom stereocenters. The van der Waals surface area contributed by atoms with Crippen LogP contribution in [0.15, 0.2) is 54.6 Å². The highest BCUT2D eigenvalue weighted by Gasteiger charge is 2.41. The molecular formula is C42H55N2O9Si. The molecule has 0 unspecified atom stereocenters. The number of carbonyl (C=O) groups is 3. The number of hydrogen-bond acceptors (Lipinski definition) is 9. The second-order valence-corrected chi connectivity index (χ2v) is 15.8. The maximum absolute atomic E-state index is 14.5. The Morgan fingerprint density at radius 3 is 2.11 bits per heavy atom. The predicted molar refractivity (Wildman–Crippen MR) is 207 cm³/mol. The Hall–Kier alpha value is -4.55. The monoisotopic (exact) mass is 759 g/mol. The molecule has 2 amide bonds. The first kappa shape index (κ1) is 42.2. The van der Waals surface area contributed by atoms with Crippen molar-refractivity contribution in [3.63, 3.8) is 0 Å². The number of hydroxylamine groups is 2.